The summed E-state index contributed by atoms with van der Waals surface area (Å²) in [6, 6.07) is 8.59. The summed E-state index contributed by atoms with van der Waals surface area (Å²) < 4.78 is 5.33. The molecule has 0 saturated carbocycles. The number of ether oxygens (including phenoxy) is 1. The number of H-pyrrole nitrogens is 1. The van der Waals surface area contributed by atoms with Crippen molar-refractivity contribution in [1.29, 1.82) is 0 Å². The molecular weight excluding hydrogens is 340 g/mol. The predicted molar refractivity (Wildman–Crippen MR) is 106 cm³/mol. The minimum atomic E-state index is 0.0359. The molecule has 1 aromatic heterocycles. The molecular formula is C21H28N4O2. The molecule has 0 radical (unpaired) electrons. The fourth-order valence-corrected chi connectivity index (χ4v) is 4.19. The second kappa shape index (κ2) is 7.72. The van der Waals surface area contributed by atoms with E-state index >= 15 is 0 Å². The molecule has 2 aromatic rings. The van der Waals surface area contributed by atoms with Gasteiger partial charge in [0.15, 0.2) is 0 Å². The lowest BCUT2D eigenvalue weighted by molar-refractivity contribution is 0.240. The highest BCUT2D eigenvalue weighted by Crippen LogP contribution is 2.24. The molecule has 4 rings (SSSR count). The Bertz CT molecular complexity index is 864. The average Bonchev–Trinajstić information content (AvgIpc) is 2.68. The maximum atomic E-state index is 12.6. The average molecular weight is 368 g/mol. The minimum absolute atomic E-state index is 0.0359. The number of anilines is 1. The van der Waals surface area contributed by atoms with Crippen LogP contribution in [-0.2, 0) is 19.5 Å². The van der Waals surface area contributed by atoms with E-state index in [0.717, 1.165) is 61.9 Å². The lowest BCUT2D eigenvalue weighted by Gasteiger charge is -2.35. The Morgan fingerprint density at radius 1 is 1.30 bits per heavy atom. The Kier molecular flexibility index (Phi) is 5.16. The van der Waals surface area contributed by atoms with E-state index in [0.29, 0.717) is 12.6 Å². The number of benzene rings is 1. The molecule has 0 unspecified atom stereocenters. The van der Waals surface area contributed by atoms with Crippen LogP contribution in [0.4, 0.5) is 5.95 Å². The second-order valence-electron chi connectivity index (χ2n) is 7.67. The van der Waals surface area contributed by atoms with E-state index in [9.17, 15) is 4.79 Å². The van der Waals surface area contributed by atoms with Crippen LogP contribution in [0.3, 0.4) is 0 Å². The van der Waals surface area contributed by atoms with Crippen LogP contribution in [0.15, 0.2) is 29.1 Å². The van der Waals surface area contributed by atoms with Crippen LogP contribution in [0.5, 0.6) is 5.75 Å². The standard InChI is InChI=1S/C21H28N4O2/c1-15-6-3-4-10-25(15)21-22-19-14-24(11-9-18(19)20(26)23-21)13-16-7-5-8-17(12-16)27-2/h5,7-8,12,15H,3-4,6,9-11,13-14H2,1-2H3,(H,22,23,26)/t15-/m1/s1. The molecule has 2 aliphatic heterocycles. The highest BCUT2D eigenvalue weighted by atomic mass is 16.5. The molecule has 1 aromatic carbocycles. The van der Waals surface area contributed by atoms with E-state index in [4.69, 9.17) is 9.72 Å². The Morgan fingerprint density at radius 2 is 2.19 bits per heavy atom. The molecule has 1 N–H and O–H groups in total. The van der Waals surface area contributed by atoms with Gasteiger partial charge in [-0.2, -0.15) is 0 Å². The van der Waals surface area contributed by atoms with E-state index in [2.05, 4.69) is 33.8 Å². The maximum Gasteiger partial charge on any atom is 0.255 e. The molecule has 0 bridgehead atoms. The topological polar surface area (TPSA) is 61.5 Å². The van der Waals surface area contributed by atoms with Crippen LogP contribution in [0.25, 0.3) is 0 Å². The summed E-state index contributed by atoms with van der Waals surface area (Å²) in [7, 11) is 1.69. The maximum absolute atomic E-state index is 12.6. The van der Waals surface area contributed by atoms with Gasteiger partial charge in [0.2, 0.25) is 5.95 Å². The van der Waals surface area contributed by atoms with Gasteiger partial charge in [0.1, 0.15) is 5.75 Å². The van der Waals surface area contributed by atoms with Gasteiger partial charge < -0.3 is 9.64 Å². The van der Waals surface area contributed by atoms with Crippen LogP contribution in [0.1, 0.15) is 43.0 Å². The van der Waals surface area contributed by atoms with Crippen molar-refractivity contribution in [2.45, 2.75) is 51.7 Å². The van der Waals surface area contributed by atoms with Crippen molar-refractivity contribution in [1.82, 2.24) is 14.9 Å². The van der Waals surface area contributed by atoms with Crippen molar-refractivity contribution < 1.29 is 4.74 Å². The van der Waals surface area contributed by atoms with Gasteiger partial charge >= 0.3 is 0 Å². The monoisotopic (exact) mass is 368 g/mol. The number of methoxy groups -OCH3 is 1. The first kappa shape index (κ1) is 18.0. The van der Waals surface area contributed by atoms with E-state index < -0.39 is 0 Å². The van der Waals surface area contributed by atoms with Gasteiger partial charge in [-0.15, -0.1) is 0 Å². The van der Waals surface area contributed by atoms with Gasteiger partial charge in [-0.1, -0.05) is 12.1 Å². The van der Waals surface area contributed by atoms with Crippen molar-refractivity contribution in [3.05, 3.63) is 51.4 Å². The van der Waals surface area contributed by atoms with Crippen LogP contribution >= 0.6 is 0 Å². The number of aromatic amines is 1. The molecule has 1 fully saturated rings. The van der Waals surface area contributed by atoms with Crippen LogP contribution in [0, 0.1) is 0 Å². The van der Waals surface area contributed by atoms with Crippen molar-refractivity contribution in [2.75, 3.05) is 25.1 Å². The first-order chi connectivity index (χ1) is 13.1. The Labute approximate surface area is 160 Å². The normalized spacial score (nSPS) is 20.4. The summed E-state index contributed by atoms with van der Waals surface area (Å²) in [5.74, 6) is 1.62. The fourth-order valence-electron chi connectivity index (χ4n) is 4.19. The Balaban J connectivity index is 1.55. The number of piperidine rings is 1. The number of nitrogens with zero attached hydrogens (tertiary/aromatic N) is 3. The van der Waals surface area contributed by atoms with Crippen molar-refractivity contribution >= 4 is 5.95 Å². The number of aromatic nitrogens is 2. The third-order valence-corrected chi connectivity index (χ3v) is 5.76. The number of hydrogen-bond donors (Lipinski definition) is 1. The van der Waals surface area contributed by atoms with Gasteiger partial charge in [-0.3, -0.25) is 14.7 Å². The zero-order chi connectivity index (χ0) is 18.8. The molecule has 27 heavy (non-hydrogen) atoms. The van der Waals surface area contributed by atoms with Gasteiger partial charge in [0.05, 0.1) is 12.8 Å². The van der Waals surface area contributed by atoms with Crippen molar-refractivity contribution in [3.63, 3.8) is 0 Å². The zero-order valence-electron chi connectivity index (χ0n) is 16.2. The molecule has 3 heterocycles. The number of nitrogens with one attached hydrogen (secondary N) is 1. The van der Waals surface area contributed by atoms with E-state index in [1.54, 1.807) is 7.11 Å². The summed E-state index contributed by atoms with van der Waals surface area (Å²) in [6.07, 6.45) is 4.31. The molecule has 6 nitrogen and oxygen atoms in total. The predicted octanol–water partition coefficient (Wildman–Crippen LogP) is 2.72. The summed E-state index contributed by atoms with van der Waals surface area (Å²) in [5.41, 5.74) is 3.03. The third kappa shape index (κ3) is 3.86. The summed E-state index contributed by atoms with van der Waals surface area (Å²) in [6.45, 7) is 5.60. The molecule has 6 heteroatoms. The quantitative estimate of drug-likeness (QED) is 0.899. The molecule has 0 spiro atoms. The highest BCUT2D eigenvalue weighted by Gasteiger charge is 2.25. The molecule has 1 saturated heterocycles. The van der Waals surface area contributed by atoms with Gasteiger partial charge in [0, 0.05) is 37.8 Å². The number of hydrogen-bond acceptors (Lipinski definition) is 5. The van der Waals surface area contributed by atoms with E-state index in [-0.39, 0.29) is 5.56 Å². The van der Waals surface area contributed by atoms with Gasteiger partial charge in [-0.05, 0) is 50.3 Å². The lowest BCUT2D eigenvalue weighted by atomic mass is 10.0. The highest BCUT2D eigenvalue weighted by molar-refractivity contribution is 5.36. The largest absolute Gasteiger partial charge is 0.497 e. The summed E-state index contributed by atoms with van der Waals surface area (Å²) in [4.78, 5) is 25.2. The Hall–Kier alpha value is -2.34. The Morgan fingerprint density at radius 3 is 3.00 bits per heavy atom. The minimum Gasteiger partial charge on any atom is -0.497 e. The van der Waals surface area contributed by atoms with Crippen LogP contribution in [0.2, 0.25) is 0 Å². The van der Waals surface area contributed by atoms with E-state index in [1.807, 2.05) is 12.1 Å². The smallest absolute Gasteiger partial charge is 0.255 e. The fraction of sp³-hybridized carbons (Fsp3) is 0.524. The first-order valence-corrected chi connectivity index (χ1v) is 9.88. The van der Waals surface area contributed by atoms with Gasteiger partial charge in [-0.25, -0.2) is 4.98 Å². The van der Waals surface area contributed by atoms with Crippen molar-refractivity contribution in [2.24, 2.45) is 0 Å². The van der Waals surface area contributed by atoms with Crippen LogP contribution < -0.4 is 15.2 Å². The SMILES string of the molecule is COc1cccc(CN2CCc3c(nc(N4CCCC[C@H]4C)[nH]c3=O)C2)c1. The first-order valence-electron chi connectivity index (χ1n) is 9.88. The molecule has 144 valence electrons. The molecule has 1 atom stereocenters. The van der Waals surface area contributed by atoms with Gasteiger partial charge in [0.25, 0.3) is 5.56 Å². The zero-order valence-corrected chi connectivity index (χ0v) is 16.2. The second-order valence-corrected chi connectivity index (χ2v) is 7.67. The number of rotatable bonds is 4. The molecule has 0 aliphatic carbocycles. The third-order valence-electron chi connectivity index (χ3n) is 5.76. The molecule has 0 amide bonds. The summed E-state index contributed by atoms with van der Waals surface area (Å²) in [5, 5.41) is 0. The summed E-state index contributed by atoms with van der Waals surface area (Å²) >= 11 is 0. The lowest BCUT2D eigenvalue weighted by Crippen LogP contribution is -2.41. The number of fused-ring (bicyclic) bond motifs is 1. The van der Waals surface area contributed by atoms with E-state index in [1.165, 1.54) is 12.0 Å². The van der Waals surface area contributed by atoms with Crippen molar-refractivity contribution in [3.8, 4) is 5.75 Å². The molecule has 2 aliphatic rings. The van der Waals surface area contributed by atoms with Crippen LogP contribution in [-0.4, -0.2) is 41.1 Å².